The molecular weight excluding hydrogens is 390 g/mol. The number of amides is 2. The third-order valence-corrected chi connectivity index (χ3v) is 4.98. The molecule has 162 valence electrons. The fourth-order valence-corrected chi connectivity index (χ4v) is 3.28. The van der Waals surface area contributed by atoms with Crippen molar-refractivity contribution in [2.24, 2.45) is 0 Å². The molecule has 6 heteroatoms. The molecular formula is C25H29N3O3. The van der Waals surface area contributed by atoms with E-state index in [1.807, 2.05) is 60.7 Å². The number of methoxy groups -OCH3 is 2. The molecule has 0 saturated heterocycles. The Labute approximate surface area is 183 Å². The highest BCUT2D eigenvalue weighted by molar-refractivity contribution is 5.89. The largest absolute Gasteiger partial charge is 0.493 e. The van der Waals surface area contributed by atoms with Crippen molar-refractivity contribution in [3.05, 3.63) is 83.9 Å². The van der Waals surface area contributed by atoms with E-state index in [0.717, 1.165) is 23.5 Å². The monoisotopic (exact) mass is 419 g/mol. The minimum atomic E-state index is -0.231. The maximum atomic E-state index is 12.2. The molecule has 6 nitrogen and oxygen atoms in total. The van der Waals surface area contributed by atoms with Crippen molar-refractivity contribution in [2.45, 2.75) is 13.0 Å². The molecule has 3 aromatic carbocycles. The van der Waals surface area contributed by atoms with Gasteiger partial charge in [0.05, 0.1) is 14.2 Å². The molecule has 0 aliphatic carbocycles. The highest BCUT2D eigenvalue weighted by Crippen LogP contribution is 2.27. The number of nitrogens with zero attached hydrogens (tertiary/aromatic N) is 1. The number of anilines is 2. The number of nitrogens with one attached hydrogen (secondary N) is 2. The van der Waals surface area contributed by atoms with E-state index in [2.05, 4.69) is 34.7 Å². The smallest absolute Gasteiger partial charge is 0.319 e. The summed E-state index contributed by atoms with van der Waals surface area (Å²) in [7, 11) is 5.27. The second kappa shape index (κ2) is 10.9. The Balaban J connectivity index is 1.46. The van der Waals surface area contributed by atoms with Gasteiger partial charge in [0.15, 0.2) is 11.5 Å². The summed E-state index contributed by atoms with van der Waals surface area (Å²) in [5.41, 5.74) is 4.15. The van der Waals surface area contributed by atoms with Crippen LogP contribution in [0.2, 0.25) is 0 Å². The zero-order valence-electron chi connectivity index (χ0n) is 18.2. The van der Waals surface area contributed by atoms with Crippen LogP contribution in [-0.4, -0.2) is 33.8 Å². The fraction of sp³-hybridized carbons (Fsp3) is 0.240. The molecule has 0 spiro atoms. The zero-order valence-corrected chi connectivity index (χ0v) is 18.2. The highest BCUT2D eigenvalue weighted by atomic mass is 16.5. The van der Waals surface area contributed by atoms with E-state index >= 15 is 0 Å². The molecule has 0 atom stereocenters. The number of carbonyl (C=O) groups excluding carboxylic acids is 1. The SMILES string of the molecule is COc1ccc(CCNC(=O)Nc2ccc(N(C)Cc3ccccc3)cc2)cc1OC. The van der Waals surface area contributed by atoms with E-state index < -0.39 is 0 Å². The van der Waals surface area contributed by atoms with E-state index in [1.165, 1.54) is 5.56 Å². The fourth-order valence-electron chi connectivity index (χ4n) is 3.28. The number of ether oxygens (including phenoxy) is 2. The molecule has 2 amide bonds. The minimum absolute atomic E-state index is 0.231. The van der Waals surface area contributed by atoms with Gasteiger partial charge in [-0.25, -0.2) is 4.79 Å². The Morgan fingerprint density at radius 2 is 1.58 bits per heavy atom. The lowest BCUT2D eigenvalue weighted by atomic mass is 10.1. The number of benzene rings is 3. The predicted molar refractivity (Wildman–Crippen MR) is 125 cm³/mol. The average molecular weight is 420 g/mol. The van der Waals surface area contributed by atoms with Crippen LogP contribution in [0.3, 0.4) is 0 Å². The summed E-state index contributed by atoms with van der Waals surface area (Å²) < 4.78 is 10.6. The van der Waals surface area contributed by atoms with E-state index in [1.54, 1.807) is 14.2 Å². The van der Waals surface area contributed by atoms with E-state index in [-0.39, 0.29) is 6.03 Å². The molecule has 3 aromatic rings. The molecule has 31 heavy (non-hydrogen) atoms. The summed E-state index contributed by atoms with van der Waals surface area (Å²) in [5, 5.41) is 5.75. The molecule has 3 rings (SSSR count). The van der Waals surface area contributed by atoms with Gasteiger partial charge in [-0.1, -0.05) is 36.4 Å². The van der Waals surface area contributed by atoms with Gasteiger partial charge in [-0.05, 0) is 53.9 Å². The van der Waals surface area contributed by atoms with Gasteiger partial charge in [0.2, 0.25) is 0 Å². The highest BCUT2D eigenvalue weighted by Gasteiger charge is 2.07. The third kappa shape index (κ3) is 6.40. The second-order valence-electron chi connectivity index (χ2n) is 7.21. The molecule has 0 bridgehead atoms. The van der Waals surface area contributed by atoms with Gasteiger partial charge in [-0.15, -0.1) is 0 Å². The first-order chi connectivity index (χ1) is 15.1. The van der Waals surface area contributed by atoms with Crippen LogP contribution in [0.5, 0.6) is 11.5 Å². The van der Waals surface area contributed by atoms with Crippen molar-refractivity contribution >= 4 is 17.4 Å². The number of carbonyl (C=O) groups is 1. The van der Waals surface area contributed by atoms with Gasteiger partial charge in [0.1, 0.15) is 0 Å². The molecule has 0 heterocycles. The lowest BCUT2D eigenvalue weighted by molar-refractivity contribution is 0.252. The maximum Gasteiger partial charge on any atom is 0.319 e. The lowest BCUT2D eigenvalue weighted by Gasteiger charge is -2.20. The van der Waals surface area contributed by atoms with Crippen LogP contribution >= 0.6 is 0 Å². The summed E-state index contributed by atoms with van der Waals surface area (Å²) in [5.74, 6) is 1.37. The van der Waals surface area contributed by atoms with Gasteiger partial charge in [0, 0.05) is 31.5 Å². The van der Waals surface area contributed by atoms with Gasteiger partial charge >= 0.3 is 6.03 Å². The first-order valence-corrected chi connectivity index (χ1v) is 10.2. The number of hydrogen-bond donors (Lipinski definition) is 2. The van der Waals surface area contributed by atoms with Crippen molar-refractivity contribution in [3.63, 3.8) is 0 Å². The van der Waals surface area contributed by atoms with Crippen molar-refractivity contribution in [1.82, 2.24) is 5.32 Å². The van der Waals surface area contributed by atoms with Crippen LogP contribution in [0, 0.1) is 0 Å². The number of urea groups is 1. The Bertz CT molecular complexity index is 975. The van der Waals surface area contributed by atoms with E-state index in [0.29, 0.717) is 24.5 Å². The quantitative estimate of drug-likeness (QED) is 0.528. The van der Waals surface area contributed by atoms with Crippen molar-refractivity contribution in [1.29, 1.82) is 0 Å². The molecule has 0 aromatic heterocycles. The van der Waals surface area contributed by atoms with Gasteiger partial charge in [-0.3, -0.25) is 0 Å². The van der Waals surface area contributed by atoms with Gasteiger partial charge in [-0.2, -0.15) is 0 Å². The Kier molecular flexibility index (Phi) is 7.76. The first kappa shape index (κ1) is 22.0. The van der Waals surface area contributed by atoms with Crippen molar-refractivity contribution in [2.75, 3.05) is 38.0 Å². The van der Waals surface area contributed by atoms with Crippen molar-refractivity contribution < 1.29 is 14.3 Å². The summed E-state index contributed by atoms with van der Waals surface area (Å²) >= 11 is 0. The first-order valence-electron chi connectivity index (χ1n) is 10.2. The van der Waals surface area contributed by atoms with Gasteiger partial charge < -0.3 is 25.0 Å². The average Bonchev–Trinajstić information content (AvgIpc) is 2.80. The Hall–Kier alpha value is -3.67. The maximum absolute atomic E-state index is 12.2. The van der Waals surface area contributed by atoms with Crippen LogP contribution in [0.15, 0.2) is 72.8 Å². The minimum Gasteiger partial charge on any atom is -0.493 e. The number of rotatable bonds is 9. The molecule has 0 fully saturated rings. The Morgan fingerprint density at radius 1 is 0.871 bits per heavy atom. The summed E-state index contributed by atoms with van der Waals surface area (Å²) in [6, 6.07) is 23.7. The van der Waals surface area contributed by atoms with Crippen LogP contribution in [0.1, 0.15) is 11.1 Å². The van der Waals surface area contributed by atoms with Crippen LogP contribution < -0.4 is 25.0 Å². The van der Waals surface area contributed by atoms with E-state index in [9.17, 15) is 4.79 Å². The normalized spacial score (nSPS) is 10.3. The molecule has 0 aliphatic heterocycles. The molecule has 0 unspecified atom stereocenters. The molecule has 2 N–H and O–H groups in total. The summed E-state index contributed by atoms with van der Waals surface area (Å²) in [6.07, 6.45) is 0.691. The van der Waals surface area contributed by atoms with Crippen LogP contribution in [0.4, 0.5) is 16.2 Å². The van der Waals surface area contributed by atoms with Crippen LogP contribution in [0.25, 0.3) is 0 Å². The predicted octanol–water partition coefficient (Wildman–Crippen LogP) is 4.70. The van der Waals surface area contributed by atoms with Crippen molar-refractivity contribution in [3.8, 4) is 11.5 Å². The third-order valence-electron chi connectivity index (χ3n) is 4.98. The Morgan fingerprint density at radius 3 is 2.26 bits per heavy atom. The second-order valence-corrected chi connectivity index (χ2v) is 7.21. The number of hydrogen-bond acceptors (Lipinski definition) is 4. The molecule has 0 aliphatic rings. The zero-order chi connectivity index (χ0) is 22.1. The molecule has 0 radical (unpaired) electrons. The topological polar surface area (TPSA) is 62.8 Å². The standard InChI is InChI=1S/C25H29N3O3/c1-28(18-20-7-5-4-6-8-20)22-12-10-21(11-13-22)27-25(29)26-16-15-19-9-14-23(30-2)24(17-19)31-3/h4-14,17H,15-16,18H2,1-3H3,(H2,26,27,29). The summed E-state index contributed by atoms with van der Waals surface area (Å²) in [6.45, 7) is 1.34. The van der Waals surface area contributed by atoms with Crippen LogP contribution in [-0.2, 0) is 13.0 Å². The molecule has 0 saturated carbocycles. The summed E-state index contributed by atoms with van der Waals surface area (Å²) in [4.78, 5) is 14.4. The van der Waals surface area contributed by atoms with E-state index in [4.69, 9.17) is 9.47 Å². The lowest BCUT2D eigenvalue weighted by Crippen LogP contribution is -2.30. The van der Waals surface area contributed by atoms with Gasteiger partial charge in [0.25, 0.3) is 0 Å².